The van der Waals surface area contributed by atoms with Gasteiger partial charge in [0.15, 0.2) is 0 Å². The van der Waals surface area contributed by atoms with Crippen molar-refractivity contribution < 1.29 is 34.5 Å². The Morgan fingerprint density at radius 1 is 0.893 bits per heavy atom. The van der Waals surface area contributed by atoms with Gasteiger partial charge in [-0.25, -0.2) is 4.79 Å². The molecule has 0 radical (unpaired) electrons. The number of carboxylic acid groups (broad SMARTS) is 1. The van der Waals surface area contributed by atoms with Gasteiger partial charge in [0.05, 0.1) is 0 Å². The first-order valence-corrected chi connectivity index (χ1v) is 9.03. The fourth-order valence-corrected chi connectivity index (χ4v) is 3.45. The minimum Gasteiger partial charge on any atom is -0.507 e. The van der Waals surface area contributed by atoms with E-state index in [1.54, 1.807) is 6.07 Å². The third-order valence-corrected chi connectivity index (χ3v) is 5.35. The van der Waals surface area contributed by atoms with Gasteiger partial charge >= 0.3 is 5.97 Å². The molecule has 0 aromatic heterocycles. The van der Waals surface area contributed by atoms with Gasteiger partial charge in [-0.15, -0.1) is 0 Å². The minimum absolute atomic E-state index is 0. The maximum atomic E-state index is 11.8. The van der Waals surface area contributed by atoms with Gasteiger partial charge in [0.1, 0.15) is 11.3 Å². The number of rotatable bonds is 5. The van der Waals surface area contributed by atoms with Crippen LogP contribution in [0.1, 0.15) is 59.3 Å². The Kier molecular flexibility index (Phi) is 6.79. The molecule has 0 saturated carbocycles. The number of hydrogen-bond acceptors (Lipinski definition) is 2. The van der Waals surface area contributed by atoms with Crippen LogP contribution < -0.4 is 0 Å². The van der Waals surface area contributed by atoms with E-state index in [0.717, 1.165) is 16.7 Å². The summed E-state index contributed by atoms with van der Waals surface area (Å²) < 4.78 is 0. The van der Waals surface area contributed by atoms with Gasteiger partial charge in [0.25, 0.3) is 0 Å². The standard InChI is InChI=1S/C24H24O3.Zn/c1-16(17-10-6-4-7-11-17)20-14-19(15-21(22(20)25)23(26)27)24(2,3)18-12-8-5-9-13-18;/h4-16,25H,1-3H3,(H,26,27);. The van der Waals surface area contributed by atoms with Crippen LogP contribution in [0.4, 0.5) is 0 Å². The molecule has 0 saturated heterocycles. The smallest absolute Gasteiger partial charge is 0.339 e. The molecule has 3 rings (SSSR count). The van der Waals surface area contributed by atoms with Crippen LogP contribution >= 0.6 is 0 Å². The van der Waals surface area contributed by atoms with Crippen LogP contribution in [0.3, 0.4) is 0 Å². The molecule has 3 aromatic rings. The van der Waals surface area contributed by atoms with Gasteiger partial charge in [-0.3, -0.25) is 0 Å². The van der Waals surface area contributed by atoms with Crippen molar-refractivity contribution in [1.29, 1.82) is 0 Å². The maximum Gasteiger partial charge on any atom is 0.339 e. The summed E-state index contributed by atoms with van der Waals surface area (Å²) in [4.78, 5) is 11.8. The Hall–Kier alpha value is -2.45. The van der Waals surface area contributed by atoms with Crippen LogP contribution in [0.5, 0.6) is 5.75 Å². The van der Waals surface area contributed by atoms with Gasteiger partial charge in [-0.1, -0.05) is 87.5 Å². The van der Waals surface area contributed by atoms with Crippen LogP contribution in [0.25, 0.3) is 0 Å². The fourth-order valence-electron chi connectivity index (χ4n) is 3.45. The van der Waals surface area contributed by atoms with Gasteiger partial charge < -0.3 is 10.2 Å². The van der Waals surface area contributed by atoms with Gasteiger partial charge in [-0.05, 0) is 22.8 Å². The number of carboxylic acids is 1. The molecule has 2 N–H and O–H groups in total. The van der Waals surface area contributed by atoms with E-state index in [1.807, 2.05) is 73.7 Å². The van der Waals surface area contributed by atoms with E-state index in [0.29, 0.717) is 5.56 Å². The molecule has 0 heterocycles. The Morgan fingerprint density at radius 3 is 1.96 bits per heavy atom. The predicted octanol–water partition coefficient (Wildman–Crippen LogP) is 5.57. The minimum atomic E-state index is -1.13. The Labute approximate surface area is 178 Å². The number of aromatic carboxylic acids is 1. The molecule has 3 aromatic carbocycles. The summed E-state index contributed by atoms with van der Waals surface area (Å²) in [5, 5.41) is 20.3. The molecule has 0 fully saturated rings. The van der Waals surface area contributed by atoms with Crippen molar-refractivity contribution in [3.05, 3.63) is 101 Å². The van der Waals surface area contributed by atoms with Crippen LogP contribution in [0.15, 0.2) is 72.8 Å². The van der Waals surface area contributed by atoms with Crippen molar-refractivity contribution in [3.63, 3.8) is 0 Å². The Balaban J connectivity index is 0.00000280. The summed E-state index contributed by atoms with van der Waals surface area (Å²) in [6.07, 6.45) is 0. The van der Waals surface area contributed by atoms with Crippen molar-refractivity contribution in [3.8, 4) is 5.75 Å². The third kappa shape index (κ3) is 4.18. The predicted molar refractivity (Wildman–Crippen MR) is 108 cm³/mol. The zero-order chi connectivity index (χ0) is 19.6. The quantitative estimate of drug-likeness (QED) is 0.526. The number of carbonyl (C=O) groups is 1. The average molecular weight is 426 g/mol. The first-order chi connectivity index (χ1) is 12.8. The van der Waals surface area contributed by atoms with Gasteiger partial charge in [0.2, 0.25) is 0 Å². The van der Waals surface area contributed by atoms with E-state index in [2.05, 4.69) is 13.8 Å². The van der Waals surface area contributed by atoms with Crippen molar-refractivity contribution >= 4 is 5.97 Å². The molecule has 4 heteroatoms. The van der Waals surface area contributed by atoms with E-state index in [1.165, 1.54) is 0 Å². The van der Waals surface area contributed by atoms with E-state index >= 15 is 0 Å². The molecule has 1 atom stereocenters. The molecule has 0 bridgehead atoms. The number of hydrogen-bond donors (Lipinski definition) is 2. The monoisotopic (exact) mass is 424 g/mol. The Bertz CT molecular complexity index is 950. The summed E-state index contributed by atoms with van der Waals surface area (Å²) >= 11 is 0. The van der Waals surface area contributed by atoms with Crippen LogP contribution in [0, 0.1) is 0 Å². The molecule has 0 spiro atoms. The van der Waals surface area contributed by atoms with E-state index in [-0.39, 0.29) is 36.7 Å². The summed E-state index contributed by atoms with van der Waals surface area (Å²) in [6.45, 7) is 6.12. The van der Waals surface area contributed by atoms with Crippen LogP contribution in [-0.4, -0.2) is 16.2 Å². The van der Waals surface area contributed by atoms with Gasteiger partial charge in [-0.2, -0.15) is 0 Å². The van der Waals surface area contributed by atoms with Crippen molar-refractivity contribution in [2.45, 2.75) is 32.1 Å². The second-order valence-electron chi connectivity index (χ2n) is 7.39. The second-order valence-corrected chi connectivity index (χ2v) is 7.39. The molecular weight excluding hydrogens is 402 g/mol. The van der Waals surface area contributed by atoms with E-state index in [9.17, 15) is 15.0 Å². The van der Waals surface area contributed by atoms with Crippen molar-refractivity contribution in [1.82, 2.24) is 0 Å². The molecule has 0 amide bonds. The first-order valence-electron chi connectivity index (χ1n) is 9.03. The summed E-state index contributed by atoms with van der Waals surface area (Å²) in [5.74, 6) is -1.41. The van der Waals surface area contributed by atoms with Crippen LogP contribution in [0.2, 0.25) is 0 Å². The van der Waals surface area contributed by atoms with Crippen LogP contribution in [-0.2, 0) is 24.9 Å². The summed E-state index contributed by atoms with van der Waals surface area (Å²) in [6, 6.07) is 23.3. The first kappa shape index (κ1) is 21.8. The largest absolute Gasteiger partial charge is 0.507 e. The molecule has 140 valence electrons. The average Bonchev–Trinajstić information content (AvgIpc) is 2.68. The molecule has 28 heavy (non-hydrogen) atoms. The fraction of sp³-hybridized carbons (Fsp3) is 0.208. The Morgan fingerprint density at radius 2 is 1.43 bits per heavy atom. The molecule has 0 aliphatic heterocycles. The number of aromatic hydroxyl groups is 1. The molecule has 0 aliphatic rings. The second kappa shape index (κ2) is 8.71. The molecular formula is C24H24O3Zn. The summed E-state index contributed by atoms with van der Waals surface area (Å²) in [5.41, 5.74) is 3.14. The molecule has 3 nitrogen and oxygen atoms in total. The molecule has 0 aliphatic carbocycles. The zero-order valence-corrected chi connectivity index (χ0v) is 19.5. The zero-order valence-electron chi connectivity index (χ0n) is 16.5. The topological polar surface area (TPSA) is 57.5 Å². The maximum absolute atomic E-state index is 11.8. The number of phenols is 1. The van der Waals surface area contributed by atoms with Gasteiger partial charge in [0, 0.05) is 36.4 Å². The summed E-state index contributed by atoms with van der Waals surface area (Å²) in [7, 11) is 0. The third-order valence-electron chi connectivity index (χ3n) is 5.35. The van der Waals surface area contributed by atoms with E-state index in [4.69, 9.17) is 0 Å². The SMILES string of the molecule is CC(c1ccccc1)c1cc(C(C)(C)c2ccccc2)cc(C(=O)O)c1O.[Zn]. The van der Waals surface area contributed by atoms with Crippen molar-refractivity contribution in [2.24, 2.45) is 0 Å². The van der Waals surface area contributed by atoms with E-state index < -0.39 is 11.4 Å². The molecule has 1 unspecified atom stereocenters. The van der Waals surface area contributed by atoms with Crippen molar-refractivity contribution in [2.75, 3.05) is 0 Å². The normalized spacial score (nSPS) is 12.1. The number of benzene rings is 3.